The summed E-state index contributed by atoms with van der Waals surface area (Å²) < 4.78 is 7.06. The van der Waals surface area contributed by atoms with E-state index in [4.69, 9.17) is 4.42 Å². The summed E-state index contributed by atoms with van der Waals surface area (Å²) in [5.74, 6) is -0.252. The predicted octanol–water partition coefficient (Wildman–Crippen LogP) is 0.0965. The fourth-order valence-electron chi connectivity index (χ4n) is 1.47. The molecule has 0 spiro atoms. The minimum absolute atomic E-state index is 0.139. The van der Waals surface area contributed by atoms with Gasteiger partial charge in [-0.3, -0.25) is 19.5 Å². The van der Waals surface area contributed by atoms with E-state index in [-0.39, 0.29) is 12.3 Å². The zero-order valence-electron chi connectivity index (χ0n) is 9.40. The Bertz CT molecular complexity index is 709. The highest BCUT2D eigenvalue weighted by molar-refractivity contribution is 5.17. The Morgan fingerprint density at radius 1 is 1.33 bits per heavy atom. The van der Waals surface area contributed by atoms with Gasteiger partial charge in [-0.25, -0.2) is 4.79 Å². The van der Waals surface area contributed by atoms with Gasteiger partial charge in [-0.2, -0.15) is 0 Å². The molecule has 0 aliphatic carbocycles. The second-order valence-electron chi connectivity index (χ2n) is 3.63. The lowest BCUT2D eigenvalue weighted by Crippen LogP contribution is -2.38. The summed E-state index contributed by atoms with van der Waals surface area (Å²) in [5, 5.41) is 10.4. The first-order valence-electron chi connectivity index (χ1n) is 4.98. The molecule has 0 aliphatic rings. The van der Waals surface area contributed by atoms with Crippen LogP contribution in [0.3, 0.4) is 0 Å². The molecule has 0 aliphatic heterocycles. The van der Waals surface area contributed by atoms with Crippen molar-refractivity contribution in [2.45, 2.75) is 6.54 Å². The third-order valence-corrected chi connectivity index (χ3v) is 2.38. The number of nitrogens with zero attached hydrogens (tertiary/aromatic N) is 3. The van der Waals surface area contributed by atoms with Crippen molar-refractivity contribution in [3.63, 3.8) is 0 Å². The SMILES string of the molecule is Cn1ccc(=O)n(Cc2ccc([N+](=O)[O-])o2)c1=O. The quantitative estimate of drug-likeness (QED) is 0.568. The number of nitro groups is 1. The van der Waals surface area contributed by atoms with E-state index in [2.05, 4.69) is 0 Å². The van der Waals surface area contributed by atoms with Crippen molar-refractivity contribution >= 4 is 5.88 Å². The molecule has 0 N–H and O–H groups in total. The highest BCUT2D eigenvalue weighted by atomic mass is 16.6. The van der Waals surface area contributed by atoms with Crippen molar-refractivity contribution in [3.05, 3.63) is 61.1 Å². The number of rotatable bonds is 3. The molecule has 2 aromatic rings. The Morgan fingerprint density at radius 3 is 2.67 bits per heavy atom. The van der Waals surface area contributed by atoms with Gasteiger partial charge in [0, 0.05) is 19.3 Å². The van der Waals surface area contributed by atoms with Crippen LogP contribution in [0.1, 0.15) is 5.76 Å². The van der Waals surface area contributed by atoms with E-state index in [1.807, 2.05) is 0 Å². The summed E-state index contributed by atoms with van der Waals surface area (Å²) in [7, 11) is 1.50. The molecule has 8 heteroatoms. The van der Waals surface area contributed by atoms with Gasteiger partial charge >= 0.3 is 11.6 Å². The molecule has 2 aromatic heterocycles. The third kappa shape index (κ3) is 2.08. The molecule has 0 aromatic carbocycles. The van der Waals surface area contributed by atoms with Crippen LogP contribution in [0.5, 0.6) is 0 Å². The first kappa shape index (κ1) is 11.8. The van der Waals surface area contributed by atoms with Crippen molar-refractivity contribution < 1.29 is 9.34 Å². The van der Waals surface area contributed by atoms with Gasteiger partial charge in [0.1, 0.15) is 10.7 Å². The maximum atomic E-state index is 11.7. The van der Waals surface area contributed by atoms with Gasteiger partial charge in [0.25, 0.3) is 5.56 Å². The molecule has 0 fully saturated rings. The lowest BCUT2D eigenvalue weighted by Gasteiger charge is -2.03. The highest BCUT2D eigenvalue weighted by Gasteiger charge is 2.13. The van der Waals surface area contributed by atoms with E-state index in [0.717, 1.165) is 4.57 Å². The maximum Gasteiger partial charge on any atom is 0.433 e. The first-order valence-corrected chi connectivity index (χ1v) is 4.98. The standard InChI is InChI=1S/C10H9N3O5/c1-11-5-4-8(14)12(10(11)15)6-7-2-3-9(18-7)13(16)17/h2-5H,6H2,1H3. The second kappa shape index (κ2) is 4.32. The lowest BCUT2D eigenvalue weighted by molar-refractivity contribution is -0.402. The second-order valence-corrected chi connectivity index (χ2v) is 3.63. The van der Waals surface area contributed by atoms with Gasteiger partial charge in [0.15, 0.2) is 0 Å². The van der Waals surface area contributed by atoms with Crippen molar-refractivity contribution in [2.24, 2.45) is 7.05 Å². The Morgan fingerprint density at radius 2 is 2.06 bits per heavy atom. The van der Waals surface area contributed by atoms with Crippen molar-refractivity contribution in [1.82, 2.24) is 9.13 Å². The summed E-state index contributed by atoms with van der Waals surface area (Å²) in [6.07, 6.45) is 1.35. The van der Waals surface area contributed by atoms with Crippen molar-refractivity contribution in [3.8, 4) is 0 Å². The lowest BCUT2D eigenvalue weighted by atomic mass is 10.4. The van der Waals surface area contributed by atoms with Gasteiger partial charge in [0.2, 0.25) is 0 Å². The molecule has 2 rings (SSSR count). The molecule has 2 heterocycles. The van der Waals surface area contributed by atoms with Crippen LogP contribution in [-0.4, -0.2) is 14.1 Å². The zero-order valence-corrected chi connectivity index (χ0v) is 9.40. The molecule has 0 atom stereocenters. The van der Waals surface area contributed by atoms with Gasteiger partial charge in [-0.1, -0.05) is 0 Å². The molecule has 94 valence electrons. The maximum absolute atomic E-state index is 11.7. The Balaban J connectivity index is 2.40. The van der Waals surface area contributed by atoms with Gasteiger partial charge in [-0.05, 0) is 6.07 Å². The Kier molecular flexibility index (Phi) is 2.84. The topological polar surface area (TPSA) is 100 Å². The molecule has 0 unspecified atom stereocenters. The number of hydrogen-bond acceptors (Lipinski definition) is 5. The van der Waals surface area contributed by atoms with E-state index in [9.17, 15) is 19.7 Å². The molecule has 8 nitrogen and oxygen atoms in total. The van der Waals surface area contributed by atoms with Crippen LogP contribution in [0.2, 0.25) is 0 Å². The molecule has 0 bridgehead atoms. The number of aromatic nitrogens is 2. The minimum atomic E-state index is -0.685. The average Bonchev–Trinajstić information content (AvgIpc) is 2.78. The van der Waals surface area contributed by atoms with Crippen LogP contribution in [0.25, 0.3) is 0 Å². The number of aryl methyl sites for hydroxylation is 1. The highest BCUT2D eigenvalue weighted by Crippen LogP contribution is 2.15. The number of furan rings is 1. The normalized spacial score (nSPS) is 10.5. The number of hydrogen-bond donors (Lipinski definition) is 0. The van der Waals surface area contributed by atoms with E-state index < -0.39 is 22.1 Å². The zero-order chi connectivity index (χ0) is 13.3. The monoisotopic (exact) mass is 251 g/mol. The molecule has 0 saturated heterocycles. The largest absolute Gasteiger partial charge is 0.433 e. The van der Waals surface area contributed by atoms with E-state index in [0.29, 0.717) is 0 Å². The fourth-order valence-corrected chi connectivity index (χ4v) is 1.47. The molecule has 0 amide bonds. The fraction of sp³-hybridized carbons (Fsp3) is 0.200. The van der Waals surface area contributed by atoms with E-state index >= 15 is 0 Å². The van der Waals surface area contributed by atoms with Crippen molar-refractivity contribution in [2.75, 3.05) is 0 Å². The molecule has 18 heavy (non-hydrogen) atoms. The van der Waals surface area contributed by atoms with Crippen LogP contribution < -0.4 is 11.2 Å². The minimum Gasteiger partial charge on any atom is -0.404 e. The predicted molar refractivity (Wildman–Crippen MR) is 60.4 cm³/mol. The van der Waals surface area contributed by atoms with E-state index in [1.54, 1.807) is 0 Å². The van der Waals surface area contributed by atoms with Crippen LogP contribution in [0.15, 0.2) is 38.4 Å². The van der Waals surface area contributed by atoms with E-state index in [1.165, 1.54) is 36.0 Å². The smallest absolute Gasteiger partial charge is 0.404 e. The average molecular weight is 251 g/mol. The molecular weight excluding hydrogens is 242 g/mol. The summed E-state index contributed by atoms with van der Waals surface area (Å²) in [4.78, 5) is 32.9. The van der Waals surface area contributed by atoms with Gasteiger partial charge < -0.3 is 8.98 Å². The van der Waals surface area contributed by atoms with Gasteiger partial charge in [0.05, 0.1) is 12.6 Å². The van der Waals surface area contributed by atoms with Gasteiger partial charge in [-0.15, -0.1) is 0 Å². The summed E-state index contributed by atoms with van der Waals surface area (Å²) in [6, 6.07) is 3.77. The Labute approximate surface area is 99.8 Å². The summed E-state index contributed by atoms with van der Waals surface area (Å²) in [5.41, 5.74) is -1.00. The first-order chi connectivity index (χ1) is 8.49. The van der Waals surface area contributed by atoms with Crippen molar-refractivity contribution in [1.29, 1.82) is 0 Å². The molecular formula is C10H9N3O5. The summed E-state index contributed by atoms with van der Waals surface area (Å²) >= 11 is 0. The molecule has 0 radical (unpaired) electrons. The Hall–Kier alpha value is -2.64. The molecule has 0 saturated carbocycles. The van der Waals surface area contributed by atoms with Crippen LogP contribution in [-0.2, 0) is 13.6 Å². The van der Waals surface area contributed by atoms with Crippen LogP contribution in [0, 0.1) is 10.1 Å². The van der Waals surface area contributed by atoms with Crippen LogP contribution >= 0.6 is 0 Å². The van der Waals surface area contributed by atoms with Crippen LogP contribution in [0.4, 0.5) is 5.88 Å². The summed E-state index contributed by atoms with van der Waals surface area (Å²) in [6.45, 7) is -0.139. The third-order valence-electron chi connectivity index (χ3n) is 2.38.